The number of aliphatic hydroxyl groups excluding tert-OH is 1. The van der Waals surface area contributed by atoms with Crippen LogP contribution in [0.2, 0.25) is 0 Å². The molecule has 1 aromatic heterocycles. The minimum Gasteiger partial charge on any atom is -0.387 e. The maximum atomic E-state index is 13.1. The van der Waals surface area contributed by atoms with Gasteiger partial charge < -0.3 is 10.4 Å². The normalized spacial score (nSPS) is 15.6. The molecule has 116 valence electrons. The number of carbonyl (C=O) groups excluding carboxylic acids is 1. The van der Waals surface area contributed by atoms with Gasteiger partial charge in [-0.25, -0.2) is 8.78 Å². The molecule has 1 aromatic carbocycles. The van der Waals surface area contributed by atoms with Crippen molar-refractivity contribution in [1.29, 1.82) is 0 Å². The smallest absolute Gasteiger partial charge is 0.261 e. The molecule has 3 nitrogen and oxygen atoms in total. The molecule has 1 aliphatic carbocycles. The van der Waals surface area contributed by atoms with Gasteiger partial charge in [0.2, 0.25) is 0 Å². The highest BCUT2D eigenvalue weighted by Crippen LogP contribution is 2.43. The molecule has 22 heavy (non-hydrogen) atoms. The highest BCUT2D eigenvalue weighted by molar-refractivity contribution is 7.12. The van der Waals surface area contributed by atoms with Crippen LogP contribution in [0.4, 0.5) is 8.78 Å². The Morgan fingerprint density at radius 3 is 2.77 bits per heavy atom. The van der Waals surface area contributed by atoms with Gasteiger partial charge in [0.25, 0.3) is 5.91 Å². The van der Waals surface area contributed by atoms with Gasteiger partial charge in [-0.2, -0.15) is 0 Å². The summed E-state index contributed by atoms with van der Waals surface area (Å²) in [4.78, 5) is 12.8. The second kappa shape index (κ2) is 6.14. The Morgan fingerprint density at radius 1 is 1.32 bits per heavy atom. The molecule has 0 bridgehead atoms. The van der Waals surface area contributed by atoms with Crippen LogP contribution in [0.15, 0.2) is 29.6 Å². The number of hydrogen-bond acceptors (Lipinski definition) is 3. The number of hydrogen-bond donors (Lipinski definition) is 2. The van der Waals surface area contributed by atoms with Crippen molar-refractivity contribution in [3.05, 3.63) is 57.3 Å². The van der Waals surface area contributed by atoms with E-state index in [9.17, 15) is 18.7 Å². The summed E-state index contributed by atoms with van der Waals surface area (Å²) in [6, 6.07) is 5.16. The Labute approximate surface area is 130 Å². The van der Waals surface area contributed by atoms with E-state index >= 15 is 0 Å². The Hall–Kier alpha value is -1.79. The van der Waals surface area contributed by atoms with Crippen LogP contribution in [0.1, 0.15) is 45.7 Å². The van der Waals surface area contributed by atoms with E-state index in [0.717, 1.165) is 30.5 Å². The number of thiophene rings is 1. The molecule has 1 saturated carbocycles. The summed E-state index contributed by atoms with van der Waals surface area (Å²) >= 11 is 1.37. The largest absolute Gasteiger partial charge is 0.387 e. The van der Waals surface area contributed by atoms with E-state index in [-0.39, 0.29) is 18.0 Å². The van der Waals surface area contributed by atoms with Crippen molar-refractivity contribution < 1.29 is 18.7 Å². The number of nitrogens with one attached hydrogen (secondary N) is 1. The minimum absolute atomic E-state index is 0.0497. The van der Waals surface area contributed by atoms with Gasteiger partial charge in [-0.05, 0) is 53.5 Å². The van der Waals surface area contributed by atoms with Gasteiger partial charge in [0, 0.05) is 6.54 Å². The van der Waals surface area contributed by atoms with Crippen LogP contribution in [-0.4, -0.2) is 17.6 Å². The molecule has 1 aliphatic rings. The number of aliphatic hydroxyl groups is 1. The summed E-state index contributed by atoms with van der Waals surface area (Å²) in [5.74, 6) is -1.74. The Kier molecular flexibility index (Phi) is 4.22. The van der Waals surface area contributed by atoms with E-state index in [2.05, 4.69) is 5.32 Å². The van der Waals surface area contributed by atoms with E-state index in [1.807, 2.05) is 11.4 Å². The standard InChI is InChI=1S/C16H15F2NO2S/c17-12-4-3-10(7-13(12)18)14(20)8-19-16(21)15-11(5-6-22-15)9-1-2-9/h3-7,9,14,20H,1-2,8H2,(H,19,21). The van der Waals surface area contributed by atoms with Crippen molar-refractivity contribution in [2.45, 2.75) is 24.9 Å². The van der Waals surface area contributed by atoms with Crippen LogP contribution in [0.5, 0.6) is 0 Å². The van der Waals surface area contributed by atoms with Crippen molar-refractivity contribution >= 4 is 17.2 Å². The molecule has 1 fully saturated rings. The Bertz CT molecular complexity index is 697. The molecule has 0 aliphatic heterocycles. The third kappa shape index (κ3) is 3.18. The molecule has 1 atom stereocenters. The molecule has 2 N–H and O–H groups in total. The highest BCUT2D eigenvalue weighted by atomic mass is 32.1. The van der Waals surface area contributed by atoms with E-state index in [1.165, 1.54) is 17.4 Å². The van der Waals surface area contributed by atoms with Crippen molar-refractivity contribution in [1.82, 2.24) is 5.32 Å². The van der Waals surface area contributed by atoms with E-state index in [4.69, 9.17) is 0 Å². The van der Waals surface area contributed by atoms with Gasteiger partial charge in [-0.1, -0.05) is 6.07 Å². The second-order valence-corrected chi connectivity index (χ2v) is 6.29. The molecule has 1 unspecified atom stereocenters. The second-order valence-electron chi connectivity index (χ2n) is 5.38. The summed E-state index contributed by atoms with van der Waals surface area (Å²) in [6.07, 6.45) is 1.13. The predicted octanol–water partition coefficient (Wildman–Crippen LogP) is 3.37. The first-order valence-electron chi connectivity index (χ1n) is 7.05. The quantitative estimate of drug-likeness (QED) is 0.886. The number of benzene rings is 1. The molecule has 1 amide bonds. The van der Waals surface area contributed by atoms with Crippen molar-refractivity contribution in [2.75, 3.05) is 6.54 Å². The fraction of sp³-hybridized carbons (Fsp3) is 0.312. The average molecular weight is 323 g/mol. The lowest BCUT2D eigenvalue weighted by molar-refractivity contribution is 0.0919. The number of amides is 1. The lowest BCUT2D eigenvalue weighted by atomic mass is 10.1. The molecule has 1 heterocycles. The number of rotatable bonds is 5. The first kappa shape index (κ1) is 15.1. The minimum atomic E-state index is -1.08. The number of halogens is 2. The maximum absolute atomic E-state index is 13.1. The highest BCUT2D eigenvalue weighted by Gasteiger charge is 2.29. The third-order valence-electron chi connectivity index (χ3n) is 3.70. The van der Waals surface area contributed by atoms with Gasteiger partial charge in [0.1, 0.15) is 0 Å². The molecule has 0 radical (unpaired) electrons. The van der Waals surface area contributed by atoms with Crippen LogP contribution in [0.25, 0.3) is 0 Å². The lowest BCUT2D eigenvalue weighted by Crippen LogP contribution is -2.28. The fourth-order valence-electron chi connectivity index (χ4n) is 2.33. The van der Waals surface area contributed by atoms with Crippen molar-refractivity contribution in [2.24, 2.45) is 0 Å². The van der Waals surface area contributed by atoms with Crippen LogP contribution in [0, 0.1) is 11.6 Å². The van der Waals surface area contributed by atoms with E-state index in [1.54, 1.807) is 0 Å². The zero-order chi connectivity index (χ0) is 15.7. The molecular formula is C16H15F2NO2S. The van der Waals surface area contributed by atoms with E-state index < -0.39 is 17.7 Å². The summed E-state index contributed by atoms with van der Waals surface area (Å²) in [5.41, 5.74) is 1.29. The predicted molar refractivity (Wildman–Crippen MR) is 79.9 cm³/mol. The van der Waals surface area contributed by atoms with Gasteiger partial charge in [-0.15, -0.1) is 11.3 Å². The fourth-order valence-corrected chi connectivity index (χ4v) is 3.23. The average Bonchev–Trinajstić information content (AvgIpc) is 3.24. The summed E-state index contributed by atoms with van der Waals surface area (Å²) in [7, 11) is 0. The monoisotopic (exact) mass is 323 g/mol. The summed E-state index contributed by atoms with van der Waals surface area (Å²) in [6.45, 7) is -0.0497. The Balaban J connectivity index is 1.62. The first-order chi connectivity index (χ1) is 10.6. The summed E-state index contributed by atoms with van der Waals surface area (Å²) < 4.78 is 26.0. The molecule has 0 spiro atoms. The lowest BCUT2D eigenvalue weighted by Gasteiger charge is -2.12. The topological polar surface area (TPSA) is 49.3 Å². The number of carbonyl (C=O) groups is 1. The third-order valence-corrected chi connectivity index (χ3v) is 4.63. The van der Waals surface area contributed by atoms with Crippen molar-refractivity contribution in [3.8, 4) is 0 Å². The molecule has 6 heteroatoms. The molecule has 2 aromatic rings. The van der Waals surface area contributed by atoms with Crippen LogP contribution < -0.4 is 5.32 Å². The van der Waals surface area contributed by atoms with Crippen molar-refractivity contribution in [3.63, 3.8) is 0 Å². The van der Waals surface area contributed by atoms with Gasteiger partial charge in [0.15, 0.2) is 11.6 Å². The van der Waals surface area contributed by atoms with Gasteiger partial charge in [0.05, 0.1) is 11.0 Å². The van der Waals surface area contributed by atoms with Crippen LogP contribution in [-0.2, 0) is 0 Å². The maximum Gasteiger partial charge on any atom is 0.261 e. The zero-order valence-electron chi connectivity index (χ0n) is 11.7. The van der Waals surface area contributed by atoms with Crippen LogP contribution >= 0.6 is 11.3 Å². The molecule has 3 rings (SSSR count). The SMILES string of the molecule is O=C(NCC(O)c1ccc(F)c(F)c1)c1sccc1C1CC1. The first-order valence-corrected chi connectivity index (χ1v) is 7.93. The van der Waals surface area contributed by atoms with Gasteiger partial charge in [-0.3, -0.25) is 4.79 Å². The van der Waals surface area contributed by atoms with Crippen LogP contribution in [0.3, 0.4) is 0 Å². The van der Waals surface area contributed by atoms with Gasteiger partial charge >= 0.3 is 0 Å². The Morgan fingerprint density at radius 2 is 2.09 bits per heavy atom. The molecular weight excluding hydrogens is 308 g/mol. The summed E-state index contributed by atoms with van der Waals surface area (Å²) in [5, 5.41) is 14.5. The zero-order valence-corrected chi connectivity index (χ0v) is 12.5. The van der Waals surface area contributed by atoms with E-state index in [0.29, 0.717) is 10.8 Å². The molecule has 0 saturated heterocycles.